The molecule has 3 aliphatic carbocycles. The van der Waals surface area contributed by atoms with Gasteiger partial charge < -0.3 is 26.0 Å². The van der Waals surface area contributed by atoms with Crippen molar-refractivity contribution in [3.05, 3.63) is 27.8 Å². The number of primary amides is 1. The van der Waals surface area contributed by atoms with E-state index in [1.807, 2.05) is 0 Å². The molecule has 3 fully saturated rings. The number of halogens is 1. The highest BCUT2D eigenvalue weighted by atomic mass is 35.5. The number of fused-ring (bicyclic) bond motifs is 3. The number of Topliss-reactive ketones (excluding diaryl/α,β-unsaturated/α-hetero) is 4. The van der Waals surface area contributed by atoms with E-state index in [-0.39, 0.29) is 24.2 Å². The monoisotopic (exact) mass is 561 g/mol. The fourth-order valence-electron chi connectivity index (χ4n) is 6.99. The Balaban J connectivity index is 1.50. The van der Waals surface area contributed by atoms with Crippen LogP contribution in [-0.2, 0) is 36.9 Å². The molecular formula is C27H32ClN3O8. The highest BCUT2D eigenvalue weighted by Gasteiger charge is 2.69. The molecule has 11 nitrogen and oxygen atoms in total. The van der Waals surface area contributed by atoms with Crippen LogP contribution >= 0.6 is 11.6 Å². The van der Waals surface area contributed by atoms with Crippen LogP contribution in [0.15, 0.2) is 6.07 Å². The van der Waals surface area contributed by atoms with E-state index in [1.165, 1.54) is 11.0 Å². The summed E-state index contributed by atoms with van der Waals surface area (Å²) in [5, 5.41) is 26.1. The zero-order valence-corrected chi connectivity index (χ0v) is 22.5. The first-order chi connectivity index (χ1) is 18.4. The molecule has 39 heavy (non-hydrogen) atoms. The number of amides is 1. The lowest BCUT2D eigenvalue weighted by Crippen LogP contribution is -2.74. The third-order valence-electron chi connectivity index (χ3n) is 8.84. The van der Waals surface area contributed by atoms with Gasteiger partial charge in [-0.05, 0) is 62.4 Å². The third kappa shape index (κ3) is 4.22. The van der Waals surface area contributed by atoms with Crippen molar-refractivity contribution in [3.8, 4) is 5.75 Å². The predicted molar refractivity (Wildman–Crippen MR) is 137 cm³/mol. The topological polar surface area (TPSA) is 176 Å². The van der Waals surface area contributed by atoms with Gasteiger partial charge in [-0.25, -0.2) is 0 Å². The maximum absolute atomic E-state index is 13.8. The summed E-state index contributed by atoms with van der Waals surface area (Å²) in [5.74, 6) is -10.4. The number of ketones is 4. The summed E-state index contributed by atoms with van der Waals surface area (Å²) in [6, 6.07) is 0.239. The number of aromatic hydroxyl groups is 1. The van der Waals surface area contributed by atoms with Gasteiger partial charge in [-0.1, -0.05) is 11.6 Å². The number of aliphatic hydroxyl groups is 1. The predicted octanol–water partition coefficient (Wildman–Crippen LogP) is -0.353. The molecule has 1 aromatic carbocycles. The first kappa shape index (κ1) is 27.9. The number of hydrogen-bond donors (Lipinski definition) is 4. The first-order valence-corrected chi connectivity index (χ1v) is 13.4. The Labute approximate surface area is 230 Å². The van der Waals surface area contributed by atoms with E-state index in [0.29, 0.717) is 41.8 Å². The molecule has 5 rings (SSSR count). The Morgan fingerprint density at radius 3 is 2.59 bits per heavy atom. The summed E-state index contributed by atoms with van der Waals surface area (Å²) in [6.45, 7) is 2.45. The molecule has 0 aromatic heterocycles. The minimum Gasteiger partial charge on any atom is -0.507 e. The van der Waals surface area contributed by atoms with Gasteiger partial charge in [-0.2, -0.15) is 0 Å². The lowest BCUT2D eigenvalue weighted by atomic mass is 9.52. The Morgan fingerprint density at radius 1 is 1.26 bits per heavy atom. The van der Waals surface area contributed by atoms with Gasteiger partial charge in [0.2, 0.25) is 5.91 Å². The normalized spacial score (nSPS) is 34.2. The number of carbonyl (C=O) groups is 5. The van der Waals surface area contributed by atoms with Crippen LogP contribution in [0.25, 0.3) is 0 Å². The van der Waals surface area contributed by atoms with Crippen molar-refractivity contribution in [3.63, 3.8) is 0 Å². The maximum atomic E-state index is 13.8. The molecule has 1 aromatic rings. The second-order valence-electron chi connectivity index (χ2n) is 11.4. The lowest BCUT2D eigenvalue weighted by Gasteiger charge is -2.52. The van der Waals surface area contributed by atoms with Crippen molar-refractivity contribution in [2.75, 3.05) is 33.9 Å². The fraction of sp³-hybridized carbons (Fsp3) is 0.593. The number of nitrogens with zero attached hydrogens (tertiary/aromatic N) is 1. The number of rotatable bonds is 6. The lowest BCUT2D eigenvalue weighted by molar-refractivity contribution is -0.181. The summed E-state index contributed by atoms with van der Waals surface area (Å²) in [7, 11) is 3.08. The number of ether oxygens (including phenoxy) is 1. The molecule has 2 saturated carbocycles. The molecule has 0 radical (unpaired) electrons. The molecule has 4 aliphatic rings. The average Bonchev–Trinajstić information content (AvgIpc) is 3.37. The van der Waals surface area contributed by atoms with Crippen molar-refractivity contribution in [1.82, 2.24) is 10.2 Å². The van der Waals surface area contributed by atoms with Crippen LogP contribution in [0, 0.1) is 29.6 Å². The van der Waals surface area contributed by atoms with E-state index < -0.39 is 64.4 Å². The van der Waals surface area contributed by atoms with E-state index >= 15 is 0 Å². The molecule has 5 N–H and O–H groups in total. The molecule has 1 heterocycles. The molecular weight excluding hydrogens is 530 g/mol. The Bertz CT molecular complexity index is 1280. The van der Waals surface area contributed by atoms with Crippen LogP contribution < -0.4 is 11.1 Å². The van der Waals surface area contributed by atoms with Gasteiger partial charge in [0.05, 0.1) is 24.1 Å². The van der Waals surface area contributed by atoms with Gasteiger partial charge in [-0.3, -0.25) is 28.9 Å². The summed E-state index contributed by atoms with van der Waals surface area (Å²) in [5.41, 5.74) is 3.46. The summed E-state index contributed by atoms with van der Waals surface area (Å²) < 4.78 is 5.39. The van der Waals surface area contributed by atoms with Crippen molar-refractivity contribution in [2.24, 2.45) is 35.3 Å². The van der Waals surface area contributed by atoms with Crippen molar-refractivity contribution in [2.45, 2.75) is 37.5 Å². The van der Waals surface area contributed by atoms with Crippen LogP contribution in [0.4, 0.5) is 0 Å². The Kier molecular flexibility index (Phi) is 7.17. The molecule has 1 saturated heterocycles. The van der Waals surface area contributed by atoms with Crippen LogP contribution in [-0.4, -0.2) is 89.6 Å². The molecule has 7 atom stereocenters. The minimum atomic E-state index is -2.75. The largest absolute Gasteiger partial charge is 0.507 e. The van der Waals surface area contributed by atoms with E-state index in [4.69, 9.17) is 22.1 Å². The number of nitrogens with one attached hydrogen (secondary N) is 1. The molecule has 3 unspecified atom stereocenters. The van der Waals surface area contributed by atoms with Gasteiger partial charge in [0, 0.05) is 30.6 Å². The van der Waals surface area contributed by atoms with E-state index in [2.05, 4.69) is 5.32 Å². The van der Waals surface area contributed by atoms with Gasteiger partial charge in [-0.15, -0.1) is 0 Å². The van der Waals surface area contributed by atoms with Gasteiger partial charge in [0.25, 0.3) is 0 Å². The van der Waals surface area contributed by atoms with E-state index in [9.17, 15) is 34.2 Å². The van der Waals surface area contributed by atoms with Crippen molar-refractivity contribution >= 4 is 40.6 Å². The quantitative estimate of drug-likeness (QED) is 0.336. The Hall–Kier alpha value is -2.70. The Morgan fingerprint density at radius 2 is 1.97 bits per heavy atom. The van der Waals surface area contributed by atoms with E-state index in [0.717, 1.165) is 13.0 Å². The number of benzene rings is 1. The van der Waals surface area contributed by atoms with Crippen molar-refractivity contribution in [1.29, 1.82) is 0 Å². The SMILES string of the molecule is CN(C)[C@@H]1C(=O)C(C(N)=O)C(=O)[C@@]2(O)C(=O)C3C(=O)c4c(O)cc(CNCC5CCOC5)c(Cl)c4C[C@H]3C[C@@H]12. The standard InChI is InChI=1S/C27H32ClN3O8/c1-31(2)21-15-6-12-5-14-18(16(32)7-13(20(14)28)9-30-8-11-3-4-39-10-11)22(33)17(12)24(35)27(15,38)25(36)19(23(21)34)26(29)37/h7,11-12,15,17,19,21,30,32,38H,3-6,8-10H2,1-2H3,(H2,29,37)/t11?,12-,15-,17?,19?,21-,27-/m0/s1. The molecule has 1 amide bonds. The number of phenolic OH excluding ortho intramolecular Hbond substituents is 1. The smallest absolute Gasteiger partial charge is 0.235 e. The van der Waals surface area contributed by atoms with Gasteiger partial charge >= 0.3 is 0 Å². The average molecular weight is 562 g/mol. The third-order valence-corrected chi connectivity index (χ3v) is 9.31. The summed E-state index contributed by atoms with van der Waals surface area (Å²) in [6.07, 6.45) is 1.06. The summed E-state index contributed by atoms with van der Waals surface area (Å²) in [4.78, 5) is 67.5. The number of nitrogens with two attached hydrogens (primary N) is 1. The van der Waals surface area contributed by atoms with Gasteiger partial charge in [0.1, 0.15) is 5.75 Å². The highest BCUT2D eigenvalue weighted by molar-refractivity contribution is 6.34. The minimum absolute atomic E-state index is 0.0227. The second kappa shape index (κ2) is 10.0. The number of carbonyl (C=O) groups excluding carboxylic acids is 5. The number of phenols is 1. The molecule has 12 heteroatoms. The molecule has 210 valence electrons. The second-order valence-corrected chi connectivity index (χ2v) is 11.8. The number of hydrogen-bond acceptors (Lipinski definition) is 10. The molecule has 1 aliphatic heterocycles. The summed E-state index contributed by atoms with van der Waals surface area (Å²) >= 11 is 6.74. The first-order valence-electron chi connectivity index (χ1n) is 13.1. The molecule has 0 spiro atoms. The zero-order valence-electron chi connectivity index (χ0n) is 21.7. The molecule has 0 bridgehead atoms. The highest BCUT2D eigenvalue weighted by Crippen LogP contribution is 2.51. The zero-order chi connectivity index (χ0) is 28.4. The van der Waals surface area contributed by atoms with Crippen LogP contribution in [0.1, 0.15) is 34.3 Å². The van der Waals surface area contributed by atoms with Crippen molar-refractivity contribution < 1.29 is 38.9 Å². The van der Waals surface area contributed by atoms with Gasteiger partial charge in [0.15, 0.2) is 34.7 Å². The fourth-order valence-corrected chi connectivity index (χ4v) is 7.28. The van der Waals surface area contributed by atoms with E-state index in [1.54, 1.807) is 14.1 Å². The number of likely N-dealkylation sites (N-methyl/N-ethyl adjacent to an activating group) is 1. The van der Waals surface area contributed by atoms with Crippen LogP contribution in [0.3, 0.4) is 0 Å². The van der Waals surface area contributed by atoms with Crippen LogP contribution in [0.2, 0.25) is 5.02 Å². The van der Waals surface area contributed by atoms with Crippen LogP contribution in [0.5, 0.6) is 5.75 Å². The maximum Gasteiger partial charge on any atom is 0.235 e.